The molecule has 0 atom stereocenters. The van der Waals surface area contributed by atoms with Crippen LogP contribution in [-0.4, -0.2) is 39.2 Å². The summed E-state index contributed by atoms with van der Waals surface area (Å²) in [5.41, 5.74) is 2.92. The van der Waals surface area contributed by atoms with Crippen LogP contribution in [0.4, 0.5) is 9.52 Å². The minimum atomic E-state index is -0.258. The van der Waals surface area contributed by atoms with Gasteiger partial charge in [-0.2, -0.15) is 5.10 Å². The van der Waals surface area contributed by atoms with Crippen molar-refractivity contribution < 1.29 is 9.18 Å². The number of nitrogens with zero attached hydrogens (tertiary/aromatic N) is 4. The molecule has 0 radical (unpaired) electrons. The van der Waals surface area contributed by atoms with Crippen molar-refractivity contribution in [3.8, 4) is 0 Å². The zero-order valence-electron chi connectivity index (χ0n) is 16.6. The van der Waals surface area contributed by atoms with E-state index in [0.717, 1.165) is 46.7 Å². The predicted octanol–water partition coefficient (Wildman–Crippen LogP) is 4.29. The second-order valence-electron chi connectivity index (χ2n) is 7.53. The Bertz CT molecular complexity index is 1240. The molecule has 0 saturated heterocycles. The van der Waals surface area contributed by atoms with E-state index in [1.807, 2.05) is 17.7 Å². The summed E-state index contributed by atoms with van der Waals surface area (Å²) in [6.07, 6.45) is 0.916. The fourth-order valence-corrected chi connectivity index (χ4v) is 5.77. The van der Waals surface area contributed by atoms with E-state index in [1.165, 1.54) is 28.3 Å². The summed E-state index contributed by atoms with van der Waals surface area (Å²) in [6.45, 7) is 4.33. The van der Waals surface area contributed by atoms with Crippen molar-refractivity contribution in [3.05, 3.63) is 62.9 Å². The Morgan fingerprint density at radius 2 is 2.07 bits per heavy atom. The smallest absolute Gasteiger partial charge is 0.267 e. The number of hydrogen-bond acceptors (Lipinski definition) is 6. The first kappa shape index (κ1) is 19.3. The lowest BCUT2D eigenvalue weighted by Crippen LogP contribution is -2.25. The van der Waals surface area contributed by atoms with Crippen molar-refractivity contribution in [2.24, 2.45) is 0 Å². The predicted molar refractivity (Wildman–Crippen MR) is 118 cm³/mol. The number of aromatic nitrogens is 3. The minimum absolute atomic E-state index is 0.150. The molecule has 30 heavy (non-hydrogen) atoms. The number of hydrogen-bond donors (Lipinski definition) is 1. The number of thiazole rings is 1. The number of thiophene rings is 1. The number of aryl methyl sites for hydroxylation is 1. The van der Waals surface area contributed by atoms with E-state index in [0.29, 0.717) is 16.6 Å². The topological polar surface area (TPSA) is 63.1 Å². The molecule has 3 aromatic heterocycles. The van der Waals surface area contributed by atoms with Gasteiger partial charge in [0.05, 0.1) is 22.8 Å². The molecule has 4 heterocycles. The Kier molecular flexibility index (Phi) is 4.88. The average Bonchev–Trinajstić information content (AvgIpc) is 3.39. The lowest BCUT2D eigenvalue weighted by Gasteiger charge is -2.20. The Morgan fingerprint density at radius 3 is 2.87 bits per heavy atom. The van der Waals surface area contributed by atoms with Gasteiger partial charge in [-0.15, -0.1) is 22.7 Å². The molecule has 5 rings (SSSR count). The standard InChI is InChI=1S/C21H20FN5OS2/c1-12-15-9-17(19(28)24-21-23-16-7-8-26(2)11-18(16)30-21)29-20(15)27(25-12)10-13-3-5-14(22)6-4-13/h3-6,9H,7-8,10-11H2,1-2H3,(H,23,24,28). The van der Waals surface area contributed by atoms with Crippen LogP contribution in [0.3, 0.4) is 0 Å². The van der Waals surface area contributed by atoms with Crippen molar-refractivity contribution in [2.75, 3.05) is 18.9 Å². The van der Waals surface area contributed by atoms with Crippen LogP contribution in [0, 0.1) is 12.7 Å². The molecular formula is C21H20FN5OS2. The number of likely N-dealkylation sites (N-methyl/N-ethyl adjacent to an activating group) is 1. The summed E-state index contributed by atoms with van der Waals surface area (Å²) in [6, 6.07) is 8.28. The Hall–Kier alpha value is -2.62. The lowest BCUT2D eigenvalue weighted by atomic mass is 10.2. The van der Waals surface area contributed by atoms with Crippen LogP contribution in [0.25, 0.3) is 10.2 Å². The van der Waals surface area contributed by atoms with Crippen LogP contribution < -0.4 is 5.32 Å². The van der Waals surface area contributed by atoms with Gasteiger partial charge < -0.3 is 4.90 Å². The van der Waals surface area contributed by atoms with Crippen LogP contribution in [0.5, 0.6) is 0 Å². The highest BCUT2D eigenvalue weighted by molar-refractivity contribution is 7.20. The number of rotatable bonds is 4. The molecule has 1 aliphatic heterocycles. The number of anilines is 1. The first-order valence-electron chi connectivity index (χ1n) is 9.66. The second-order valence-corrected chi connectivity index (χ2v) is 9.64. The molecule has 1 amide bonds. The molecule has 4 aromatic rings. The molecule has 1 aromatic carbocycles. The third kappa shape index (κ3) is 3.64. The van der Waals surface area contributed by atoms with Crippen molar-refractivity contribution in [3.63, 3.8) is 0 Å². The van der Waals surface area contributed by atoms with Gasteiger partial charge in [-0.1, -0.05) is 12.1 Å². The van der Waals surface area contributed by atoms with Crippen molar-refractivity contribution in [1.29, 1.82) is 0 Å². The van der Waals surface area contributed by atoms with Gasteiger partial charge in [-0.3, -0.25) is 14.8 Å². The molecular weight excluding hydrogens is 421 g/mol. The van der Waals surface area contributed by atoms with Crippen LogP contribution in [-0.2, 0) is 19.5 Å². The maximum Gasteiger partial charge on any atom is 0.267 e. The Morgan fingerprint density at radius 1 is 1.27 bits per heavy atom. The summed E-state index contributed by atoms with van der Waals surface area (Å²) in [5.74, 6) is -0.408. The molecule has 1 aliphatic rings. The van der Waals surface area contributed by atoms with Crippen molar-refractivity contribution in [2.45, 2.75) is 26.4 Å². The Balaban J connectivity index is 1.38. The Labute approximate surface area is 181 Å². The highest BCUT2D eigenvalue weighted by Gasteiger charge is 2.21. The van der Waals surface area contributed by atoms with Crippen LogP contribution in [0.15, 0.2) is 30.3 Å². The summed E-state index contributed by atoms with van der Waals surface area (Å²) in [5, 5.41) is 9.17. The van der Waals surface area contributed by atoms with Crippen molar-refractivity contribution >= 4 is 43.9 Å². The molecule has 0 bridgehead atoms. The van der Waals surface area contributed by atoms with Crippen LogP contribution in [0.2, 0.25) is 0 Å². The minimum Gasteiger partial charge on any atom is -0.301 e. The zero-order valence-corrected chi connectivity index (χ0v) is 18.2. The summed E-state index contributed by atoms with van der Waals surface area (Å²) in [4.78, 5) is 22.5. The first-order chi connectivity index (χ1) is 14.5. The van der Waals surface area contributed by atoms with Crippen molar-refractivity contribution in [1.82, 2.24) is 19.7 Å². The second kappa shape index (κ2) is 7.57. The lowest BCUT2D eigenvalue weighted by molar-refractivity contribution is 0.103. The van der Waals surface area contributed by atoms with Gasteiger partial charge in [0.2, 0.25) is 0 Å². The molecule has 154 valence electrons. The third-order valence-electron chi connectivity index (χ3n) is 5.22. The monoisotopic (exact) mass is 441 g/mol. The van der Waals surface area contributed by atoms with E-state index in [9.17, 15) is 9.18 Å². The van der Waals surface area contributed by atoms with Gasteiger partial charge in [0, 0.05) is 29.8 Å². The molecule has 6 nitrogen and oxygen atoms in total. The molecule has 0 aliphatic carbocycles. The number of carbonyl (C=O) groups excluding carboxylic acids is 1. The average molecular weight is 442 g/mol. The fraction of sp³-hybridized carbons (Fsp3) is 0.286. The van der Waals surface area contributed by atoms with E-state index < -0.39 is 0 Å². The fourth-order valence-electron chi connectivity index (χ4n) is 3.63. The zero-order chi connectivity index (χ0) is 20.8. The van der Waals surface area contributed by atoms with E-state index in [4.69, 9.17) is 0 Å². The van der Waals surface area contributed by atoms with Gasteiger partial charge in [0.1, 0.15) is 10.6 Å². The van der Waals surface area contributed by atoms with Crippen LogP contribution >= 0.6 is 22.7 Å². The molecule has 0 unspecified atom stereocenters. The molecule has 0 spiro atoms. The van der Waals surface area contributed by atoms with E-state index in [1.54, 1.807) is 23.5 Å². The van der Waals surface area contributed by atoms with Gasteiger partial charge >= 0.3 is 0 Å². The normalized spacial score (nSPS) is 14.2. The molecule has 9 heteroatoms. The van der Waals surface area contributed by atoms with E-state index in [-0.39, 0.29) is 11.7 Å². The van der Waals surface area contributed by atoms with Gasteiger partial charge in [0.15, 0.2) is 5.13 Å². The number of nitrogens with one attached hydrogen (secondary N) is 1. The highest BCUT2D eigenvalue weighted by Crippen LogP contribution is 2.31. The SMILES string of the molecule is Cc1nn(Cc2ccc(F)cc2)c2sc(C(=O)Nc3nc4c(s3)CN(C)CC4)cc12. The molecule has 0 saturated carbocycles. The number of halogens is 1. The largest absolute Gasteiger partial charge is 0.301 e. The number of fused-ring (bicyclic) bond motifs is 2. The quantitative estimate of drug-likeness (QED) is 0.513. The summed E-state index contributed by atoms with van der Waals surface area (Å²) < 4.78 is 15.0. The molecule has 1 N–H and O–H groups in total. The van der Waals surface area contributed by atoms with Crippen LogP contribution in [0.1, 0.15) is 31.5 Å². The van der Waals surface area contributed by atoms with E-state index in [2.05, 4.69) is 27.3 Å². The highest BCUT2D eigenvalue weighted by atomic mass is 32.1. The summed E-state index contributed by atoms with van der Waals surface area (Å²) in [7, 11) is 2.09. The van der Waals surface area contributed by atoms with Gasteiger partial charge in [0.25, 0.3) is 5.91 Å². The van der Waals surface area contributed by atoms with Gasteiger partial charge in [-0.25, -0.2) is 9.37 Å². The molecule has 0 fully saturated rings. The number of benzene rings is 1. The maximum absolute atomic E-state index is 13.2. The first-order valence-corrected chi connectivity index (χ1v) is 11.3. The maximum atomic E-state index is 13.2. The summed E-state index contributed by atoms with van der Waals surface area (Å²) >= 11 is 2.96. The van der Waals surface area contributed by atoms with E-state index >= 15 is 0 Å². The van der Waals surface area contributed by atoms with Gasteiger partial charge in [-0.05, 0) is 37.7 Å². The third-order valence-corrected chi connectivity index (χ3v) is 7.36. The number of amides is 1. The number of carbonyl (C=O) groups is 1.